The van der Waals surface area contributed by atoms with Gasteiger partial charge in [0.2, 0.25) is 0 Å². The fourth-order valence-electron chi connectivity index (χ4n) is 1.46. The Morgan fingerprint density at radius 2 is 1.62 bits per heavy atom. The van der Waals surface area contributed by atoms with E-state index in [0.29, 0.717) is 0 Å². The van der Waals surface area contributed by atoms with Crippen molar-refractivity contribution in [2.45, 2.75) is 64.1 Å². The molecule has 13 heavy (non-hydrogen) atoms. The normalized spacial score (nSPS) is 23.7. The second-order valence-electron chi connectivity index (χ2n) is 4.91. The first kappa shape index (κ1) is 10.6. The standard InChI is InChI=1S/C10H20N2O/c1-9(2,3)11-12-10(13)7-5-4-6-8-10/h13H,4-8H2,1-3H3/b12-11+. The monoisotopic (exact) mass is 184 g/mol. The molecule has 0 saturated heterocycles. The highest BCUT2D eigenvalue weighted by Gasteiger charge is 2.29. The Balaban J connectivity index is 2.55. The number of nitrogens with zero attached hydrogens (tertiary/aromatic N) is 2. The van der Waals surface area contributed by atoms with Gasteiger partial charge in [0, 0.05) is 0 Å². The second kappa shape index (κ2) is 3.74. The Morgan fingerprint density at radius 3 is 2.08 bits per heavy atom. The molecule has 0 bridgehead atoms. The van der Waals surface area contributed by atoms with Crippen LogP contribution in [0.15, 0.2) is 10.2 Å². The molecule has 0 aromatic rings. The van der Waals surface area contributed by atoms with Gasteiger partial charge in [0.05, 0.1) is 5.54 Å². The molecule has 0 radical (unpaired) electrons. The van der Waals surface area contributed by atoms with Crippen LogP contribution in [0, 0.1) is 0 Å². The van der Waals surface area contributed by atoms with Crippen LogP contribution in [0.25, 0.3) is 0 Å². The van der Waals surface area contributed by atoms with Crippen molar-refractivity contribution < 1.29 is 5.11 Å². The highest BCUT2D eigenvalue weighted by atomic mass is 16.3. The van der Waals surface area contributed by atoms with Crippen LogP contribution in [0.5, 0.6) is 0 Å². The van der Waals surface area contributed by atoms with E-state index in [1.54, 1.807) is 0 Å². The molecule has 0 heterocycles. The summed E-state index contributed by atoms with van der Waals surface area (Å²) in [5.41, 5.74) is -1.03. The van der Waals surface area contributed by atoms with E-state index in [4.69, 9.17) is 0 Å². The Labute approximate surface area is 80.3 Å². The Kier molecular flexibility index (Phi) is 3.06. The van der Waals surface area contributed by atoms with Crippen molar-refractivity contribution in [2.24, 2.45) is 10.2 Å². The molecule has 0 aromatic heterocycles. The molecule has 0 spiro atoms. The average Bonchev–Trinajstić information content (AvgIpc) is 2.02. The van der Waals surface area contributed by atoms with E-state index in [0.717, 1.165) is 25.7 Å². The first-order chi connectivity index (χ1) is 5.91. The van der Waals surface area contributed by atoms with Crippen LogP contribution in [-0.2, 0) is 0 Å². The van der Waals surface area contributed by atoms with Crippen LogP contribution >= 0.6 is 0 Å². The molecule has 1 fully saturated rings. The Hall–Kier alpha value is -0.440. The highest BCUT2D eigenvalue weighted by Crippen LogP contribution is 2.30. The largest absolute Gasteiger partial charge is 0.368 e. The lowest BCUT2D eigenvalue weighted by Gasteiger charge is -2.27. The van der Waals surface area contributed by atoms with Gasteiger partial charge >= 0.3 is 0 Å². The first-order valence-corrected chi connectivity index (χ1v) is 5.08. The Morgan fingerprint density at radius 1 is 1.08 bits per heavy atom. The van der Waals surface area contributed by atoms with Gasteiger partial charge in [0.1, 0.15) is 0 Å². The lowest BCUT2D eigenvalue weighted by atomic mass is 9.93. The first-order valence-electron chi connectivity index (χ1n) is 5.08. The third-order valence-corrected chi connectivity index (χ3v) is 2.19. The van der Waals surface area contributed by atoms with Gasteiger partial charge in [-0.15, -0.1) is 0 Å². The van der Waals surface area contributed by atoms with E-state index in [1.807, 2.05) is 20.8 Å². The van der Waals surface area contributed by atoms with Crippen molar-refractivity contribution in [3.63, 3.8) is 0 Å². The van der Waals surface area contributed by atoms with Crippen LogP contribution in [-0.4, -0.2) is 16.4 Å². The van der Waals surface area contributed by atoms with Crippen LogP contribution in [0.3, 0.4) is 0 Å². The molecule has 3 nitrogen and oxygen atoms in total. The van der Waals surface area contributed by atoms with Crippen molar-refractivity contribution in [3.8, 4) is 0 Å². The topological polar surface area (TPSA) is 45.0 Å². The number of hydrogen-bond acceptors (Lipinski definition) is 3. The summed E-state index contributed by atoms with van der Waals surface area (Å²) in [5, 5.41) is 18.2. The maximum Gasteiger partial charge on any atom is 0.176 e. The smallest absolute Gasteiger partial charge is 0.176 e. The fourth-order valence-corrected chi connectivity index (χ4v) is 1.46. The molecular weight excluding hydrogens is 164 g/mol. The van der Waals surface area contributed by atoms with Gasteiger partial charge in [-0.05, 0) is 46.5 Å². The number of hydrogen-bond donors (Lipinski definition) is 1. The Bertz CT molecular complexity index is 188. The number of azo groups is 1. The molecule has 0 atom stereocenters. The van der Waals surface area contributed by atoms with Gasteiger partial charge in [-0.25, -0.2) is 0 Å². The molecular formula is C10H20N2O. The van der Waals surface area contributed by atoms with Crippen LogP contribution < -0.4 is 0 Å². The maximum absolute atomic E-state index is 9.97. The lowest BCUT2D eigenvalue weighted by molar-refractivity contribution is 0.00335. The fraction of sp³-hybridized carbons (Fsp3) is 1.00. The maximum atomic E-state index is 9.97. The van der Waals surface area contributed by atoms with Gasteiger partial charge in [0.25, 0.3) is 0 Å². The third kappa shape index (κ3) is 3.85. The number of rotatable bonds is 1. The second-order valence-corrected chi connectivity index (χ2v) is 4.91. The zero-order chi connectivity index (χ0) is 9.95. The predicted molar refractivity (Wildman–Crippen MR) is 52.6 cm³/mol. The molecule has 1 N–H and O–H groups in total. The molecule has 0 amide bonds. The van der Waals surface area contributed by atoms with E-state index in [2.05, 4.69) is 10.2 Å². The summed E-state index contributed by atoms with van der Waals surface area (Å²) in [6.07, 6.45) is 4.89. The minimum Gasteiger partial charge on any atom is -0.368 e. The van der Waals surface area contributed by atoms with Crippen molar-refractivity contribution in [1.29, 1.82) is 0 Å². The summed E-state index contributed by atoms with van der Waals surface area (Å²) in [6.45, 7) is 5.97. The van der Waals surface area contributed by atoms with E-state index in [9.17, 15) is 5.11 Å². The summed E-state index contributed by atoms with van der Waals surface area (Å²) in [4.78, 5) is 0. The minimum atomic E-state index is -0.856. The predicted octanol–water partition coefficient (Wildman–Crippen LogP) is 2.89. The summed E-state index contributed by atoms with van der Waals surface area (Å²) < 4.78 is 0. The molecule has 1 aliphatic rings. The van der Waals surface area contributed by atoms with Crippen molar-refractivity contribution >= 4 is 0 Å². The minimum absolute atomic E-state index is 0.173. The summed E-state index contributed by atoms with van der Waals surface area (Å²) in [5.74, 6) is 0. The molecule has 0 unspecified atom stereocenters. The molecule has 1 aliphatic carbocycles. The number of aliphatic hydroxyl groups is 1. The van der Waals surface area contributed by atoms with Crippen molar-refractivity contribution in [1.82, 2.24) is 0 Å². The molecule has 0 aliphatic heterocycles. The van der Waals surface area contributed by atoms with Gasteiger partial charge in [-0.3, -0.25) is 0 Å². The van der Waals surface area contributed by atoms with Crippen molar-refractivity contribution in [3.05, 3.63) is 0 Å². The van der Waals surface area contributed by atoms with Gasteiger partial charge in [0.15, 0.2) is 5.72 Å². The van der Waals surface area contributed by atoms with E-state index in [1.165, 1.54) is 6.42 Å². The zero-order valence-electron chi connectivity index (χ0n) is 8.88. The zero-order valence-corrected chi connectivity index (χ0v) is 8.88. The summed E-state index contributed by atoms with van der Waals surface area (Å²) in [6, 6.07) is 0. The SMILES string of the molecule is CC(C)(C)/N=N/C1(O)CCCCC1. The summed E-state index contributed by atoms with van der Waals surface area (Å²) in [7, 11) is 0. The van der Waals surface area contributed by atoms with E-state index in [-0.39, 0.29) is 5.54 Å². The third-order valence-electron chi connectivity index (χ3n) is 2.19. The van der Waals surface area contributed by atoms with E-state index >= 15 is 0 Å². The van der Waals surface area contributed by atoms with Crippen LogP contribution in [0.4, 0.5) is 0 Å². The molecule has 0 aromatic carbocycles. The summed E-state index contributed by atoms with van der Waals surface area (Å²) >= 11 is 0. The average molecular weight is 184 g/mol. The molecule has 3 heteroatoms. The van der Waals surface area contributed by atoms with Gasteiger partial charge in [-0.1, -0.05) is 6.42 Å². The molecule has 1 saturated carbocycles. The molecule has 1 rings (SSSR count). The van der Waals surface area contributed by atoms with Gasteiger partial charge < -0.3 is 5.11 Å². The lowest BCUT2D eigenvalue weighted by Crippen LogP contribution is -2.29. The van der Waals surface area contributed by atoms with Crippen LogP contribution in [0.1, 0.15) is 52.9 Å². The quantitative estimate of drug-likeness (QED) is 0.626. The van der Waals surface area contributed by atoms with Crippen LogP contribution in [0.2, 0.25) is 0 Å². The van der Waals surface area contributed by atoms with Crippen molar-refractivity contribution in [2.75, 3.05) is 0 Å². The highest BCUT2D eigenvalue weighted by molar-refractivity contribution is 4.80. The van der Waals surface area contributed by atoms with Gasteiger partial charge in [-0.2, -0.15) is 10.2 Å². The van der Waals surface area contributed by atoms with E-state index < -0.39 is 5.72 Å². The molecule has 76 valence electrons.